The number of hydrogen-bond acceptors (Lipinski definition) is 2. The van der Waals surface area contributed by atoms with Crippen LogP contribution in [0.2, 0.25) is 0 Å². The van der Waals surface area contributed by atoms with Gasteiger partial charge in [-0.25, -0.2) is 4.98 Å². The molecule has 1 aromatic carbocycles. The minimum absolute atomic E-state index is 0.176. The van der Waals surface area contributed by atoms with Crippen LogP contribution in [0.3, 0.4) is 0 Å². The topological polar surface area (TPSA) is 57.8 Å². The molecule has 0 radical (unpaired) electrons. The number of aromatic amines is 1. The number of carbonyl (C=O) groups excluding carboxylic acids is 1. The van der Waals surface area contributed by atoms with Gasteiger partial charge >= 0.3 is 0 Å². The minimum atomic E-state index is -0.176. The Morgan fingerprint density at radius 2 is 1.94 bits per heavy atom. The highest BCUT2D eigenvalue weighted by Crippen LogP contribution is 2.09. The zero-order chi connectivity index (χ0) is 11.5. The van der Waals surface area contributed by atoms with E-state index in [9.17, 15) is 4.79 Å². The van der Waals surface area contributed by atoms with E-state index in [1.54, 1.807) is 0 Å². The molecule has 0 unspecified atom stereocenters. The molecule has 1 heterocycles. The number of hydrogen-bond donors (Lipinski definition) is 2. The molecule has 0 fully saturated rings. The number of nitrogens with zero attached hydrogens (tertiary/aromatic N) is 1. The highest BCUT2D eigenvalue weighted by Gasteiger charge is 2.07. The van der Waals surface area contributed by atoms with Crippen molar-refractivity contribution in [3.63, 3.8) is 0 Å². The van der Waals surface area contributed by atoms with Crippen LogP contribution in [0.25, 0.3) is 0 Å². The van der Waals surface area contributed by atoms with Crippen LogP contribution in [0.15, 0.2) is 30.5 Å². The first-order valence-electron chi connectivity index (χ1n) is 5.05. The predicted molar refractivity (Wildman–Crippen MR) is 62.5 cm³/mol. The zero-order valence-electron chi connectivity index (χ0n) is 9.24. The summed E-state index contributed by atoms with van der Waals surface area (Å²) in [6.45, 7) is 3.81. The van der Waals surface area contributed by atoms with Crippen molar-refractivity contribution in [1.82, 2.24) is 9.97 Å². The zero-order valence-corrected chi connectivity index (χ0v) is 9.24. The molecule has 0 aliphatic rings. The lowest BCUT2D eigenvalue weighted by molar-refractivity contribution is 0.102. The standard InChI is InChI=1S/C12H13N3O/c1-8-3-5-10(6-4-8)15-12(16)11-7-13-9(2)14-11/h3-7H,1-2H3,(H,13,14)(H,15,16). The Balaban J connectivity index is 2.10. The number of aryl methyl sites for hydroxylation is 2. The summed E-state index contributed by atoms with van der Waals surface area (Å²) in [4.78, 5) is 18.6. The fourth-order valence-electron chi connectivity index (χ4n) is 1.37. The van der Waals surface area contributed by atoms with Gasteiger partial charge in [-0.1, -0.05) is 17.7 Å². The average molecular weight is 215 g/mol. The van der Waals surface area contributed by atoms with Crippen molar-refractivity contribution in [2.24, 2.45) is 0 Å². The number of anilines is 1. The van der Waals surface area contributed by atoms with Crippen LogP contribution in [0.5, 0.6) is 0 Å². The Hall–Kier alpha value is -2.10. The Bertz CT molecular complexity index is 499. The maximum absolute atomic E-state index is 11.7. The number of benzene rings is 1. The van der Waals surface area contributed by atoms with Gasteiger partial charge < -0.3 is 10.3 Å². The quantitative estimate of drug-likeness (QED) is 0.807. The van der Waals surface area contributed by atoms with E-state index < -0.39 is 0 Å². The van der Waals surface area contributed by atoms with Gasteiger partial charge in [-0.15, -0.1) is 0 Å². The maximum atomic E-state index is 11.7. The SMILES string of the molecule is Cc1ccc(NC(=O)c2cnc(C)[nH]2)cc1. The monoisotopic (exact) mass is 215 g/mol. The number of carbonyl (C=O) groups is 1. The molecule has 0 aliphatic carbocycles. The smallest absolute Gasteiger partial charge is 0.273 e. The van der Waals surface area contributed by atoms with Crippen LogP contribution in [-0.4, -0.2) is 15.9 Å². The molecule has 1 aromatic heterocycles. The lowest BCUT2D eigenvalue weighted by atomic mass is 10.2. The lowest BCUT2D eigenvalue weighted by Crippen LogP contribution is -2.12. The summed E-state index contributed by atoms with van der Waals surface area (Å²) in [5.41, 5.74) is 2.41. The van der Waals surface area contributed by atoms with E-state index >= 15 is 0 Å². The molecular formula is C12H13N3O. The fraction of sp³-hybridized carbons (Fsp3) is 0.167. The predicted octanol–water partition coefficient (Wildman–Crippen LogP) is 2.28. The molecule has 0 saturated heterocycles. The van der Waals surface area contributed by atoms with Crippen molar-refractivity contribution in [1.29, 1.82) is 0 Å². The van der Waals surface area contributed by atoms with Gasteiger partial charge in [0.1, 0.15) is 11.5 Å². The second-order valence-corrected chi connectivity index (χ2v) is 3.70. The van der Waals surface area contributed by atoms with E-state index in [1.807, 2.05) is 38.1 Å². The van der Waals surface area contributed by atoms with Crippen LogP contribution in [0, 0.1) is 13.8 Å². The van der Waals surface area contributed by atoms with Gasteiger partial charge in [0.2, 0.25) is 0 Å². The van der Waals surface area contributed by atoms with Gasteiger partial charge in [0.05, 0.1) is 6.20 Å². The van der Waals surface area contributed by atoms with Crippen LogP contribution >= 0.6 is 0 Å². The first-order chi connectivity index (χ1) is 7.65. The van der Waals surface area contributed by atoms with E-state index in [0.29, 0.717) is 5.69 Å². The molecule has 16 heavy (non-hydrogen) atoms. The molecule has 4 nitrogen and oxygen atoms in total. The normalized spacial score (nSPS) is 10.1. The third-order valence-corrected chi connectivity index (χ3v) is 2.26. The third-order valence-electron chi connectivity index (χ3n) is 2.26. The summed E-state index contributed by atoms with van der Waals surface area (Å²) in [7, 11) is 0. The summed E-state index contributed by atoms with van der Waals surface area (Å²) in [5.74, 6) is 0.554. The Morgan fingerprint density at radius 1 is 1.25 bits per heavy atom. The van der Waals surface area contributed by atoms with Gasteiger partial charge in [0, 0.05) is 5.69 Å². The van der Waals surface area contributed by atoms with E-state index in [-0.39, 0.29) is 5.91 Å². The number of imidazole rings is 1. The molecule has 0 aliphatic heterocycles. The van der Waals surface area contributed by atoms with E-state index in [4.69, 9.17) is 0 Å². The largest absolute Gasteiger partial charge is 0.338 e. The van der Waals surface area contributed by atoms with Crippen molar-refractivity contribution in [3.05, 3.63) is 47.5 Å². The summed E-state index contributed by atoms with van der Waals surface area (Å²) in [5, 5.41) is 2.79. The molecule has 2 N–H and O–H groups in total. The summed E-state index contributed by atoms with van der Waals surface area (Å²) < 4.78 is 0. The molecular weight excluding hydrogens is 202 g/mol. The molecule has 0 bridgehead atoms. The molecule has 1 amide bonds. The Morgan fingerprint density at radius 3 is 2.50 bits per heavy atom. The summed E-state index contributed by atoms with van der Waals surface area (Å²) in [6, 6.07) is 7.65. The summed E-state index contributed by atoms with van der Waals surface area (Å²) >= 11 is 0. The second-order valence-electron chi connectivity index (χ2n) is 3.70. The van der Waals surface area contributed by atoms with E-state index in [2.05, 4.69) is 15.3 Å². The number of amides is 1. The van der Waals surface area contributed by atoms with Gasteiger partial charge in [-0.05, 0) is 26.0 Å². The highest BCUT2D eigenvalue weighted by atomic mass is 16.1. The minimum Gasteiger partial charge on any atom is -0.338 e. The highest BCUT2D eigenvalue weighted by molar-refractivity contribution is 6.02. The van der Waals surface area contributed by atoms with Crippen molar-refractivity contribution < 1.29 is 4.79 Å². The fourth-order valence-corrected chi connectivity index (χ4v) is 1.37. The van der Waals surface area contributed by atoms with Crippen LogP contribution < -0.4 is 5.32 Å². The van der Waals surface area contributed by atoms with Crippen molar-refractivity contribution in [2.45, 2.75) is 13.8 Å². The van der Waals surface area contributed by atoms with Crippen LogP contribution in [0.1, 0.15) is 21.9 Å². The maximum Gasteiger partial charge on any atom is 0.273 e. The van der Waals surface area contributed by atoms with Gasteiger partial charge in [0.25, 0.3) is 5.91 Å². The number of nitrogens with one attached hydrogen (secondary N) is 2. The van der Waals surface area contributed by atoms with Crippen LogP contribution in [-0.2, 0) is 0 Å². The third kappa shape index (κ3) is 2.28. The Kier molecular flexibility index (Phi) is 2.72. The number of aromatic nitrogens is 2. The average Bonchev–Trinajstić information content (AvgIpc) is 2.68. The molecule has 0 saturated carbocycles. The molecule has 82 valence electrons. The Labute approximate surface area is 93.7 Å². The van der Waals surface area contributed by atoms with Gasteiger partial charge in [0.15, 0.2) is 0 Å². The first-order valence-corrected chi connectivity index (χ1v) is 5.05. The molecule has 2 rings (SSSR count). The molecule has 0 spiro atoms. The summed E-state index contributed by atoms with van der Waals surface area (Å²) in [6.07, 6.45) is 1.53. The number of rotatable bonds is 2. The number of H-pyrrole nitrogens is 1. The van der Waals surface area contributed by atoms with Crippen molar-refractivity contribution in [2.75, 3.05) is 5.32 Å². The van der Waals surface area contributed by atoms with Gasteiger partial charge in [-0.3, -0.25) is 4.79 Å². The van der Waals surface area contributed by atoms with Crippen LogP contribution in [0.4, 0.5) is 5.69 Å². The van der Waals surface area contributed by atoms with Crippen molar-refractivity contribution >= 4 is 11.6 Å². The lowest BCUT2D eigenvalue weighted by Gasteiger charge is -2.03. The van der Waals surface area contributed by atoms with E-state index in [1.165, 1.54) is 6.20 Å². The molecule has 0 atom stereocenters. The van der Waals surface area contributed by atoms with E-state index in [0.717, 1.165) is 17.1 Å². The molecule has 4 heteroatoms. The van der Waals surface area contributed by atoms with Crippen molar-refractivity contribution in [3.8, 4) is 0 Å². The van der Waals surface area contributed by atoms with Gasteiger partial charge in [-0.2, -0.15) is 0 Å². The first kappa shape index (κ1) is 10.4. The molecule has 2 aromatic rings. The second kappa shape index (κ2) is 4.18.